The van der Waals surface area contributed by atoms with Crippen molar-refractivity contribution >= 4 is 5.57 Å². The Bertz CT molecular complexity index is 707. The molecule has 0 heterocycles. The predicted molar refractivity (Wildman–Crippen MR) is 108 cm³/mol. The minimum atomic E-state index is 0.282. The number of rotatable bonds is 4. The number of terminal acetylenes is 1. The van der Waals surface area contributed by atoms with Gasteiger partial charge in [0, 0.05) is 0 Å². The first-order valence-corrected chi connectivity index (χ1v) is 8.32. The molecule has 2 N–H and O–H groups in total. The van der Waals surface area contributed by atoms with Gasteiger partial charge in [-0.2, -0.15) is 0 Å². The molecule has 0 bridgehead atoms. The van der Waals surface area contributed by atoms with E-state index in [4.69, 9.17) is 0 Å². The molecule has 2 heteroatoms. The van der Waals surface area contributed by atoms with Crippen LogP contribution in [0.4, 0.5) is 0 Å². The highest BCUT2D eigenvalue weighted by molar-refractivity contribution is 5.68. The van der Waals surface area contributed by atoms with Crippen LogP contribution in [-0.2, 0) is 6.42 Å². The topological polar surface area (TPSA) is 40.5 Å². The van der Waals surface area contributed by atoms with Crippen molar-refractivity contribution < 1.29 is 10.2 Å². The quantitative estimate of drug-likeness (QED) is 0.399. The zero-order valence-corrected chi connectivity index (χ0v) is 15.5. The SMILES string of the molecule is C#C.CC.CC(=C/Cc1ccccc1O)/C(O)=C(\C)c1ccccc1. The Labute approximate surface area is 152 Å². The maximum absolute atomic E-state index is 10.3. The molecule has 0 aromatic heterocycles. The van der Waals surface area contributed by atoms with Gasteiger partial charge in [-0.1, -0.05) is 68.5 Å². The maximum atomic E-state index is 10.3. The molecule has 132 valence electrons. The van der Waals surface area contributed by atoms with Crippen LogP contribution in [0.25, 0.3) is 5.57 Å². The number of aliphatic hydroxyl groups excluding tert-OH is 1. The van der Waals surface area contributed by atoms with Crippen LogP contribution in [0.3, 0.4) is 0 Å². The number of phenolic OH excluding ortho intramolecular Hbond substituents is 1. The number of para-hydroxylation sites is 1. The van der Waals surface area contributed by atoms with Crippen molar-refractivity contribution in [1.82, 2.24) is 0 Å². The molecule has 25 heavy (non-hydrogen) atoms. The fraction of sp³-hybridized carbons (Fsp3) is 0.217. The van der Waals surface area contributed by atoms with Gasteiger partial charge in [0.1, 0.15) is 11.5 Å². The number of aromatic hydroxyl groups is 1. The number of hydrogen-bond acceptors (Lipinski definition) is 2. The third-order valence-electron chi connectivity index (χ3n) is 3.56. The molecular weight excluding hydrogens is 308 g/mol. The second kappa shape index (κ2) is 12.5. The first-order valence-electron chi connectivity index (χ1n) is 8.32. The highest BCUT2D eigenvalue weighted by Gasteiger charge is 2.05. The van der Waals surface area contributed by atoms with E-state index in [9.17, 15) is 10.2 Å². The summed E-state index contributed by atoms with van der Waals surface area (Å²) in [5.41, 5.74) is 3.51. The van der Waals surface area contributed by atoms with E-state index in [1.54, 1.807) is 12.1 Å². The highest BCUT2D eigenvalue weighted by atomic mass is 16.3. The normalized spacial score (nSPS) is 11.2. The summed E-state index contributed by atoms with van der Waals surface area (Å²) in [4.78, 5) is 0. The van der Waals surface area contributed by atoms with Gasteiger partial charge in [-0.25, -0.2) is 0 Å². The Hall–Kier alpha value is -2.92. The molecule has 0 amide bonds. The second-order valence-corrected chi connectivity index (χ2v) is 5.06. The summed E-state index contributed by atoms with van der Waals surface area (Å²) in [6, 6.07) is 17.0. The molecule has 0 aliphatic carbocycles. The summed E-state index contributed by atoms with van der Waals surface area (Å²) in [5.74, 6) is 0.571. The molecule has 0 spiro atoms. The molecule has 0 aliphatic heterocycles. The van der Waals surface area contributed by atoms with Crippen molar-refractivity contribution in [2.45, 2.75) is 34.1 Å². The number of hydrogen-bond donors (Lipinski definition) is 2. The number of phenols is 1. The lowest BCUT2D eigenvalue weighted by Gasteiger charge is -2.08. The summed E-state index contributed by atoms with van der Waals surface area (Å²) < 4.78 is 0. The van der Waals surface area contributed by atoms with Crippen molar-refractivity contribution in [3.63, 3.8) is 0 Å². The van der Waals surface area contributed by atoms with E-state index in [-0.39, 0.29) is 11.5 Å². The van der Waals surface area contributed by atoms with Gasteiger partial charge in [-0.15, -0.1) is 12.8 Å². The Morgan fingerprint density at radius 3 is 2.00 bits per heavy atom. The van der Waals surface area contributed by atoms with Gasteiger partial charge in [0.05, 0.1) is 0 Å². The summed E-state index contributed by atoms with van der Waals surface area (Å²) in [7, 11) is 0. The van der Waals surface area contributed by atoms with Crippen LogP contribution in [0.15, 0.2) is 72.0 Å². The molecule has 0 fully saturated rings. The molecule has 2 aromatic rings. The number of aliphatic hydroxyl groups is 1. The van der Waals surface area contributed by atoms with Crippen LogP contribution < -0.4 is 0 Å². The van der Waals surface area contributed by atoms with Crippen molar-refractivity contribution in [1.29, 1.82) is 0 Å². The van der Waals surface area contributed by atoms with Gasteiger partial charge in [-0.05, 0) is 48.6 Å². The number of allylic oxidation sites excluding steroid dienone is 3. The molecule has 2 rings (SSSR count). The first-order chi connectivity index (χ1) is 12.1. The molecule has 2 nitrogen and oxygen atoms in total. The lowest BCUT2D eigenvalue weighted by Crippen LogP contribution is -1.92. The van der Waals surface area contributed by atoms with E-state index >= 15 is 0 Å². The molecule has 0 aliphatic rings. The third kappa shape index (κ3) is 7.01. The maximum Gasteiger partial charge on any atom is 0.121 e. The monoisotopic (exact) mass is 336 g/mol. The van der Waals surface area contributed by atoms with E-state index in [0.717, 1.165) is 22.3 Å². The van der Waals surface area contributed by atoms with Crippen molar-refractivity contribution in [3.8, 4) is 18.6 Å². The minimum Gasteiger partial charge on any atom is -0.508 e. The van der Waals surface area contributed by atoms with Gasteiger partial charge in [0.15, 0.2) is 0 Å². The van der Waals surface area contributed by atoms with Crippen LogP contribution in [0, 0.1) is 12.8 Å². The Morgan fingerprint density at radius 2 is 1.44 bits per heavy atom. The highest BCUT2D eigenvalue weighted by Crippen LogP contribution is 2.23. The predicted octanol–water partition coefficient (Wildman–Crippen LogP) is 6.15. The standard InChI is InChI=1S/C19H20O2.C2H6.C2H2/c1-14(12-13-17-10-6-7-11-18(17)20)19(21)15(2)16-8-4-3-5-9-16;2*1-2/h3-12,20-21H,13H2,1-2H3;1-2H3;1-2H/b14-12-,19-15-;;. The third-order valence-corrected chi connectivity index (χ3v) is 3.56. The largest absolute Gasteiger partial charge is 0.508 e. The van der Waals surface area contributed by atoms with Crippen molar-refractivity contribution in [3.05, 3.63) is 83.1 Å². The molecule has 0 atom stereocenters. The first kappa shape index (κ1) is 22.1. The summed E-state index contributed by atoms with van der Waals surface area (Å²) in [6.45, 7) is 7.78. The lowest BCUT2D eigenvalue weighted by molar-refractivity contribution is 0.425. The summed E-state index contributed by atoms with van der Waals surface area (Å²) in [6.07, 6.45) is 10.5. The Morgan fingerprint density at radius 1 is 0.920 bits per heavy atom. The van der Waals surface area contributed by atoms with Gasteiger partial charge in [0.25, 0.3) is 0 Å². The lowest BCUT2D eigenvalue weighted by atomic mass is 10.0. The summed E-state index contributed by atoms with van der Waals surface area (Å²) in [5, 5.41) is 20.1. The van der Waals surface area contributed by atoms with Crippen LogP contribution in [0.2, 0.25) is 0 Å². The molecule has 2 aromatic carbocycles. The zero-order chi connectivity index (χ0) is 19.2. The van der Waals surface area contributed by atoms with E-state index in [1.807, 2.05) is 76.2 Å². The Kier molecular flexibility index (Phi) is 11.0. The minimum absolute atomic E-state index is 0.282. The molecular formula is C23H28O2. The summed E-state index contributed by atoms with van der Waals surface area (Å²) >= 11 is 0. The van der Waals surface area contributed by atoms with Crippen molar-refractivity contribution in [2.75, 3.05) is 0 Å². The molecule has 0 saturated carbocycles. The van der Waals surface area contributed by atoms with E-state index in [1.165, 1.54) is 0 Å². The van der Waals surface area contributed by atoms with Gasteiger partial charge in [-0.3, -0.25) is 0 Å². The van der Waals surface area contributed by atoms with Crippen LogP contribution in [0.1, 0.15) is 38.8 Å². The van der Waals surface area contributed by atoms with Crippen LogP contribution in [-0.4, -0.2) is 10.2 Å². The van der Waals surface area contributed by atoms with Gasteiger partial charge >= 0.3 is 0 Å². The molecule has 0 radical (unpaired) electrons. The average Bonchev–Trinajstić information content (AvgIpc) is 2.69. The molecule has 0 saturated heterocycles. The van der Waals surface area contributed by atoms with Crippen molar-refractivity contribution in [2.24, 2.45) is 0 Å². The van der Waals surface area contributed by atoms with Gasteiger partial charge < -0.3 is 10.2 Å². The van der Waals surface area contributed by atoms with E-state index < -0.39 is 0 Å². The van der Waals surface area contributed by atoms with Gasteiger partial charge in [0.2, 0.25) is 0 Å². The van der Waals surface area contributed by atoms with E-state index in [2.05, 4.69) is 12.8 Å². The average molecular weight is 336 g/mol. The Balaban J connectivity index is 0.00000134. The smallest absolute Gasteiger partial charge is 0.121 e. The van der Waals surface area contributed by atoms with Crippen LogP contribution in [0.5, 0.6) is 5.75 Å². The number of benzene rings is 2. The van der Waals surface area contributed by atoms with Crippen LogP contribution >= 0.6 is 0 Å². The fourth-order valence-corrected chi connectivity index (χ4v) is 2.16. The molecule has 0 unspecified atom stereocenters. The second-order valence-electron chi connectivity index (χ2n) is 5.06. The van der Waals surface area contributed by atoms with E-state index in [0.29, 0.717) is 6.42 Å². The fourth-order valence-electron chi connectivity index (χ4n) is 2.16. The zero-order valence-electron chi connectivity index (χ0n) is 15.5.